The van der Waals surface area contributed by atoms with Crippen molar-refractivity contribution in [3.05, 3.63) is 12.2 Å². The van der Waals surface area contributed by atoms with Crippen LogP contribution in [0.1, 0.15) is 89.9 Å². The molecule has 0 aliphatic rings. The fourth-order valence-electron chi connectivity index (χ4n) is 2.87. The van der Waals surface area contributed by atoms with E-state index in [-0.39, 0.29) is 11.8 Å². The van der Waals surface area contributed by atoms with Crippen molar-refractivity contribution in [1.29, 1.82) is 0 Å². The third-order valence-electron chi connectivity index (χ3n) is 4.49. The van der Waals surface area contributed by atoms with Crippen LogP contribution in [0.25, 0.3) is 0 Å². The SMILES string of the molecule is C#CCNC(=O)CCCCCCCC=CCCCCCCCC(=O)NCC#C. The maximum atomic E-state index is 11.4. The van der Waals surface area contributed by atoms with Crippen molar-refractivity contribution < 1.29 is 9.59 Å². The second kappa shape index (κ2) is 21.1. The molecule has 0 heterocycles. The van der Waals surface area contributed by atoms with Gasteiger partial charge >= 0.3 is 0 Å². The summed E-state index contributed by atoms with van der Waals surface area (Å²) >= 11 is 0. The minimum absolute atomic E-state index is 0.0615. The monoisotopic (exact) mass is 386 g/mol. The molecule has 0 aromatic rings. The summed E-state index contributed by atoms with van der Waals surface area (Å²) in [7, 11) is 0. The summed E-state index contributed by atoms with van der Waals surface area (Å²) in [6.07, 6.45) is 29.6. The van der Waals surface area contributed by atoms with Gasteiger partial charge in [0, 0.05) is 12.8 Å². The second-order valence-electron chi connectivity index (χ2n) is 7.05. The van der Waals surface area contributed by atoms with Crippen LogP contribution in [-0.4, -0.2) is 24.9 Å². The molecular formula is C24H38N2O2. The van der Waals surface area contributed by atoms with Gasteiger partial charge < -0.3 is 10.6 Å². The lowest BCUT2D eigenvalue weighted by molar-refractivity contribution is -0.121. The van der Waals surface area contributed by atoms with E-state index in [4.69, 9.17) is 12.8 Å². The van der Waals surface area contributed by atoms with Gasteiger partial charge in [-0.2, -0.15) is 0 Å². The number of terminal acetylenes is 2. The van der Waals surface area contributed by atoms with Crippen molar-refractivity contribution in [2.75, 3.05) is 13.1 Å². The molecule has 4 nitrogen and oxygen atoms in total. The van der Waals surface area contributed by atoms with Gasteiger partial charge in [0.05, 0.1) is 13.1 Å². The van der Waals surface area contributed by atoms with E-state index in [9.17, 15) is 9.59 Å². The fraction of sp³-hybridized carbons (Fsp3) is 0.667. The normalized spacial score (nSPS) is 10.4. The van der Waals surface area contributed by atoms with E-state index >= 15 is 0 Å². The predicted octanol–water partition coefficient (Wildman–Crippen LogP) is 4.50. The van der Waals surface area contributed by atoms with E-state index in [1.165, 1.54) is 38.5 Å². The summed E-state index contributed by atoms with van der Waals surface area (Å²) in [6.45, 7) is 0.662. The second-order valence-corrected chi connectivity index (χ2v) is 7.05. The van der Waals surface area contributed by atoms with Crippen LogP contribution in [-0.2, 0) is 9.59 Å². The Hall–Kier alpha value is -2.20. The Morgan fingerprint density at radius 3 is 1.36 bits per heavy atom. The lowest BCUT2D eigenvalue weighted by Gasteiger charge is -2.02. The molecule has 2 N–H and O–H groups in total. The Bertz CT molecular complexity index is 466. The van der Waals surface area contributed by atoms with Crippen molar-refractivity contribution in [3.8, 4) is 24.7 Å². The number of hydrogen-bond donors (Lipinski definition) is 2. The molecule has 0 aliphatic carbocycles. The van der Waals surface area contributed by atoms with Crippen LogP contribution in [0.2, 0.25) is 0 Å². The predicted molar refractivity (Wildman–Crippen MR) is 117 cm³/mol. The molecule has 28 heavy (non-hydrogen) atoms. The van der Waals surface area contributed by atoms with Crippen LogP contribution < -0.4 is 10.6 Å². The number of unbranched alkanes of at least 4 members (excludes halogenated alkanes) is 10. The average molecular weight is 387 g/mol. The molecule has 0 bridgehead atoms. The van der Waals surface area contributed by atoms with E-state index in [2.05, 4.69) is 34.6 Å². The molecule has 0 atom stereocenters. The molecule has 0 aromatic heterocycles. The number of rotatable bonds is 18. The maximum Gasteiger partial charge on any atom is 0.220 e. The summed E-state index contributed by atoms with van der Waals surface area (Å²) in [5.41, 5.74) is 0. The van der Waals surface area contributed by atoms with Crippen molar-refractivity contribution in [2.45, 2.75) is 89.9 Å². The van der Waals surface area contributed by atoms with E-state index in [0.29, 0.717) is 25.9 Å². The van der Waals surface area contributed by atoms with Crippen LogP contribution in [0.4, 0.5) is 0 Å². The largest absolute Gasteiger partial charge is 0.345 e. The molecule has 4 heteroatoms. The highest BCUT2D eigenvalue weighted by molar-refractivity contribution is 5.76. The first-order valence-corrected chi connectivity index (χ1v) is 10.8. The minimum atomic E-state index is 0.0615. The molecule has 0 spiro atoms. The molecule has 0 radical (unpaired) electrons. The number of nitrogens with one attached hydrogen (secondary N) is 2. The first-order valence-electron chi connectivity index (χ1n) is 10.8. The maximum absolute atomic E-state index is 11.4. The number of allylic oxidation sites excluding steroid dienone is 2. The van der Waals surface area contributed by atoms with Gasteiger partial charge in [0.25, 0.3) is 0 Å². The topological polar surface area (TPSA) is 58.2 Å². The zero-order valence-electron chi connectivity index (χ0n) is 17.4. The van der Waals surface area contributed by atoms with Gasteiger partial charge in [0.15, 0.2) is 0 Å². The van der Waals surface area contributed by atoms with Gasteiger partial charge in [-0.15, -0.1) is 12.8 Å². The van der Waals surface area contributed by atoms with Crippen molar-refractivity contribution >= 4 is 11.8 Å². The van der Waals surface area contributed by atoms with E-state index in [0.717, 1.165) is 38.5 Å². The fourth-order valence-corrected chi connectivity index (χ4v) is 2.87. The first kappa shape index (κ1) is 25.8. The molecule has 0 aromatic carbocycles. The van der Waals surface area contributed by atoms with Crippen LogP contribution >= 0.6 is 0 Å². The molecule has 156 valence electrons. The van der Waals surface area contributed by atoms with Gasteiger partial charge in [0.2, 0.25) is 11.8 Å². The van der Waals surface area contributed by atoms with Gasteiger partial charge in [-0.3, -0.25) is 9.59 Å². The summed E-state index contributed by atoms with van der Waals surface area (Å²) in [6, 6.07) is 0. The average Bonchev–Trinajstić information content (AvgIpc) is 2.70. The molecule has 0 unspecified atom stereocenters. The van der Waals surface area contributed by atoms with Crippen LogP contribution in [0.3, 0.4) is 0 Å². The van der Waals surface area contributed by atoms with Gasteiger partial charge in [-0.05, 0) is 38.5 Å². The first-order chi connectivity index (χ1) is 13.7. The zero-order valence-corrected chi connectivity index (χ0v) is 17.4. The Kier molecular flexibility index (Phi) is 19.4. The molecule has 0 saturated carbocycles. The third-order valence-corrected chi connectivity index (χ3v) is 4.49. The lowest BCUT2D eigenvalue weighted by atomic mass is 10.1. The summed E-state index contributed by atoms with van der Waals surface area (Å²) < 4.78 is 0. The number of carbonyl (C=O) groups excluding carboxylic acids is 2. The quantitative estimate of drug-likeness (QED) is 0.207. The Balaban J connectivity index is 3.24. The highest BCUT2D eigenvalue weighted by Crippen LogP contribution is 2.10. The van der Waals surface area contributed by atoms with E-state index in [1.54, 1.807) is 0 Å². The minimum Gasteiger partial charge on any atom is -0.345 e. The highest BCUT2D eigenvalue weighted by atomic mass is 16.2. The highest BCUT2D eigenvalue weighted by Gasteiger charge is 1.99. The third kappa shape index (κ3) is 20.1. The zero-order chi connectivity index (χ0) is 20.7. The van der Waals surface area contributed by atoms with Crippen LogP contribution in [0.15, 0.2) is 12.2 Å². The Morgan fingerprint density at radius 1 is 0.607 bits per heavy atom. The Labute approximate surface area is 172 Å². The van der Waals surface area contributed by atoms with Gasteiger partial charge in [0.1, 0.15) is 0 Å². The van der Waals surface area contributed by atoms with Crippen molar-refractivity contribution in [1.82, 2.24) is 10.6 Å². The van der Waals surface area contributed by atoms with Crippen molar-refractivity contribution in [3.63, 3.8) is 0 Å². The number of carbonyl (C=O) groups is 2. The Morgan fingerprint density at radius 2 is 0.964 bits per heavy atom. The molecule has 0 saturated heterocycles. The molecular weight excluding hydrogens is 348 g/mol. The van der Waals surface area contributed by atoms with Crippen LogP contribution in [0.5, 0.6) is 0 Å². The van der Waals surface area contributed by atoms with E-state index in [1.807, 2.05) is 0 Å². The standard InChI is InChI=1S/C24H38N2O2/c1-3-21-25-23(27)19-17-15-13-11-9-7-5-6-8-10-12-14-16-18-20-24(28)26-22-4-2/h1-2,5-6H,7-22H2,(H,25,27)(H,26,28). The number of amides is 2. The van der Waals surface area contributed by atoms with Gasteiger partial charge in [-0.1, -0.05) is 62.5 Å². The summed E-state index contributed by atoms with van der Waals surface area (Å²) in [5, 5.41) is 5.37. The number of hydrogen-bond acceptors (Lipinski definition) is 2. The van der Waals surface area contributed by atoms with Crippen molar-refractivity contribution in [2.24, 2.45) is 0 Å². The smallest absolute Gasteiger partial charge is 0.220 e. The lowest BCUT2D eigenvalue weighted by Crippen LogP contribution is -2.22. The molecule has 0 fully saturated rings. The summed E-state index contributed by atoms with van der Waals surface area (Å²) in [4.78, 5) is 22.7. The summed E-state index contributed by atoms with van der Waals surface area (Å²) in [5.74, 6) is 4.93. The molecule has 0 rings (SSSR count). The van der Waals surface area contributed by atoms with Crippen LogP contribution in [0, 0.1) is 24.7 Å². The molecule has 2 amide bonds. The van der Waals surface area contributed by atoms with E-state index < -0.39 is 0 Å². The molecule has 0 aliphatic heterocycles. The van der Waals surface area contributed by atoms with Gasteiger partial charge in [-0.25, -0.2) is 0 Å².